The molecule has 7 nitrogen and oxygen atoms in total. The third kappa shape index (κ3) is 3.89. The van der Waals surface area contributed by atoms with E-state index in [9.17, 15) is 14.4 Å². The summed E-state index contributed by atoms with van der Waals surface area (Å²) in [4.78, 5) is 38.4. The van der Waals surface area contributed by atoms with E-state index in [0.717, 1.165) is 27.4 Å². The number of hydrogen-bond donors (Lipinski definition) is 1. The van der Waals surface area contributed by atoms with E-state index in [1.165, 1.54) is 0 Å². The average Bonchev–Trinajstić information content (AvgIpc) is 2.94. The van der Waals surface area contributed by atoms with E-state index < -0.39 is 17.8 Å². The Morgan fingerprint density at radius 3 is 2.50 bits per heavy atom. The number of methoxy groups -OCH3 is 1. The van der Waals surface area contributed by atoms with Gasteiger partial charge in [0, 0.05) is 25.0 Å². The van der Waals surface area contributed by atoms with Crippen molar-refractivity contribution in [2.24, 2.45) is 0 Å². The number of imide groups is 2. The highest BCUT2D eigenvalue weighted by atomic mass is 16.5. The maximum absolute atomic E-state index is 12.9. The number of nitrogens with zero attached hydrogens (tertiary/aromatic N) is 2. The molecule has 7 heteroatoms. The lowest BCUT2D eigenvalue weighted by Crippen LogP contribution is -2.53. The molecule has 0 spiro atoms. The smallest absolute Gasteiger partial charge is 0.331 e. The van der Waals surface area contributed by atoms with E-state index in [0.29, 0.717) is 13.2 Å². The van der Waals surface area contributed by atoms with E-state index in [1.54, 1.807) is 13.2 Å². The van der Waals surface area contributed by atoms with E-state index in [1.807, 2.05) is 50.2 Å². The van der Waals surface area contributed by atoms with Crippen LogP contribution in [0.25, 0.3) is 6.08 Å². The number of carbonyl (C=O) groups is 3. The highest BCUT2D eigenvalue weighted by Gasteiger charge is 2.35. The van der Waals surface area contributed by atoms with Gasteiger partial charge in [0.15, 0.2) is 0 Å². The highest BCUT2D eigenvalue weighted by Crippen LogP contribution is 2.21. The number of aryl methyl sites for hydroxylation is 1. The first-order valence-corrected chi connectivity index (χ1v) is 9.01. The number of rotatable bonds is 6. The van der Waals surface area contributed by atoms with Gasteiger partial charge < -0.3 is 9.30 Å². The maximum atomic E-state index is 12.9. The lowest BCUT2D eigenvalue weighted by atomic mass is 10.1. The van der Waals surface area contributed by atoms with Crippen LogP contribution in [-0.2, 0) is 27.4 Å². The molecule has 2 heterocycles. The molecule has 0 saturated carbocycles. The second kappa shape index (κ2) is 8.22. The summed E-state index contributed by atoms with van der Waals surface area (Å²) in [6.07, 6.45) is 1.55. The number of benzene rings is 1. The van der Waals surface area contributed by atoms with Gasteiger partial charge in [-0.2, -0.15) is 0 Å². The van der Waals surface area contributed by atoms with Gasteiger partial charge in [-0.15, -0.1) is 0 Å². The average molecular weight is 381 g/mol. The van der Waals surface area contributed by atoms with Gasteiger partial charge >= 0.3 is 6.03 Å². The largest absolute Gasteiger partial charge is 0.383 e. The van der Waals surface area contributed by atoms with E-state index in [-0.39, 0.29) is 12.1 Å². The van der Waals surface area contributed by atoms with Crippen LogP contribution in [0.3, 0.4) is 0 Å². The minimum atomic E-state index is -0.707. The molecule has 0 unspecified atom stereocenters. The predicted octanol–water partition coefficient (Wildman–Crippen LogP) is 2.41. The number of amides is 4. The first-order chi connectivity index (χ1) is 13.4. The molecule has 0 radical (unpaired) electrons. The van der Waals surface area contributed by atoms with Crippen molar-refractivity contribution in [2.75, 3.05) is 13.7 Å². The van der Waals surface area contributed by atoms with E-state index in [2.05, 4.69) is 9.88 Å². The molecule has 0 aliphatic carbocycles. The topological polar surface area (TPSA) is 80.6 Å². The van der Waals surface area contributed by atoms with Gasteiger partial charge in [-0.05, 0) is 37.1 Å². The molecule has 1 saturated heterocycles. The fraction of sp³-hybridized carbons (Fsp3) is 0.286. The normalized spacial score (nSPS) is 16.0. The van der Waals surface area contributed by atoms with Gasteiger partial charge in [0.2, 0.25) is 0 Å². The Balaban J connectivity index is 1.91. The number of urea groups is 1. The highest BCUT2D eigenvalue weighted by molar-refractivity contribution is 6.31. The monoisotopic (exact) mass is 381 g/mol. The van der Waals surface area contributed by atoms with Crippen molar-refractivity contribution in [1.29, 1.82) is 0 Å². The third-order valence-electron chi connectivity index (χ3n) is 4.80. The zero-order valence-corrected chi connectivity index (χ0v) is 16.2. The Hall–Kier alpha value is -3.19. The standard InChI is InChI=1S/C21H23N3O4/c1-14-11-17(15(2)23(14)9-10-28-3)12-18-19(25)22-21(27)24(20(18)26)13-16-7-5-4-6-8-16/h4-8,11-12H,9-10,13H2,1-3H3,(H,22,25,27)/b18-12+. The maximum Gasteiger partial charge on any atom is 0.331 e. The van der Waals surface area contributed by atoms with E-state index >= 15 is 0 Å². The van der Waals surface area contributed by atoms with Crippen molar-refractivity contribution in [3.8, 4) is 0 Å². The van der Waals surface area contributed by atoms with Crippen LogP contribution in [-0.4, -0.2) is 41.0 Å². The lowest BCUT2D eigenvalue weighted by Gasteiger charge is -2.26. The molecule has 1 N–H and O–H groups in total. The lowest BCUT2D eigenvalue weighted by molar-refractivity contribution is -0.130. The Kier molecular flexibility index (Phi) is 5.75. The van der Waals surface area contributed by atoms with Crippen molar-refractivity contribution < 1.29 is 19.1 Å². The van der Waals surface area contributed by atoms with Crippen molar-refractivity contribution in [2.45, 2.75) is 26.9 Å². The number of hydrogen-bond acceptors (Lipinski definition) is 4. The predicted molar refractivity (Wildman–Crippen MR) is 104 cm³/mol. The molecule has 3 rings (SSSR count). The summed E-state index contributed by atoms with van der Waals surface area (Å²) in [6, 6.07) is 10.4. The van der Waals surface area contributed by atoms with Crippen LogP contribution >= 0.6 is 0 Å². The van der Waals surface area contributed by atoms with Crippen molar-refractivity contribution in [3.63, 3.8) is 0 Å². The summed E-state index contributed by atoms with van der Waals surface area (Å²) < 4.78 is 7.20. The first kappa shape index (κ1) is 19.6. The summed E-state index contributed by atoms with van der Waals surface area (Å²) in [5, 5.41) is 2.26. The van der Waals surface area contributed by atoms with Crippen LogP contribution in [0.2, 0.25) is 0 Å². The molecule has 28 heavy (non-hydrogen) atoms. The molecule has 1 aliphatic heterocycles. The second-order valence-electron chi connectivity index (χ2n) is 6.67. The summed E-state index contributed by atoms with van der Waals surface area (Å²) in [6.45, 7) is 5.22. The SMILES string of the molecule is COCCn1c(C)cc(/C=C2\C(=O)NC(=O)N(Cc3ccccc3)C2=O)c1C. The van der Waals surface area contributed by atoms with Gasteiger partial charge in [0.25, 0.3) is 11.8 Å². The Morgan fingerprint density at radius 2 is 1.82 bits per heavy atom. The van der Waals surface area contributed by atoms with Gasteiger partial charge in [-0.1, -0.05) is 30.3 Å². The molecule has 1 fully saturated rings. The number of carbonyl (C=O) groups excluding carboxylic acids is 3. The molecule has 0 bridgehead atoms. The van der Waals surface area contributed by atoms with Crippen molar-refractivity contribution in [3.05, 3.63) is 64.5 Å². The van der Waals surface area contributed by atoms with Crippen LogP contribution in [0.1, 0.15) is 22.5 Å². The van der Waals surface area contributed by atoms with Crippen LogP contribution < -0.4 is 5.32 Å². The zero-order valence-electron chi connectivity index (χ0n) is 16.2. The molecule has 1 aromatic carbocycles. The number of barbiturate groups is 1. The molecule has 1 aliphatic rings. The quantitative estimate of drug-likeness (QED) is 0.616. The fourth-order valence-electron chi connectivity index (χ4n) is 3.26. The molecule has 4 amide bonds. The van der Waals surface area contributed by atoms with Crippen LogP contribution in [0, 0.1) is 13.8 Å². The first-order valence-electron chi connectivity index (χ1n) is 9.01. The minimum absolute atomic E-state index is 0.0532. The zero-order chi connectivity index (χ0) is 20.3. The number of nitrogens with one attached hydrogen (secondary N) is 1. The molecule has 0 atom stereocenters. The molecule has 1 aromatic heterocycles. The Bertz CT molecular complexity index is 944. The third-order valence-corrected chi connectivity index (χ3v) is 4.80. The summed E-state index contributed by atoms with van der Waals surface area (Å²) in [5.41, 5.74) is 3.44. The minimum Gasteiger partial charge on any atom is -0.383 e. The molecular formula is C21H23N3O4. The van der Waals surface area contributed by atoms with Crippen LogP contribution in [0.5, 0.6) is 0 Å². The number of aromatic nitrogens is 1. The summed E-state index contributed by atoms with van der Waals surface area (Å²) in [5.74, 6) is -1.28. The molecule has 2 aromatic rings. The molecule has 146 valence electrons. The van der Waals surface area contributed by atoms with Crippen LogP contribution in [0.15, 0.2) is 42.0 Å². The van der Waals surface area contributed by atoms with Crippen molar-refractivity contribution >= 4 is 23.9 Å². The Morgan fingerprint density at radius 1 is 1.11 bits per heavy atom. The van der Waals surface area contributed by atoms with Crippen LogP contribution in [0.4, 0.5) is 4.79 Å². The summed E-state index contributed by atoms with van der Waals surface area (Å²) in [7, 11) is 1.64. The number of ether oxygens (including phenoxy) is 1. The van der Waals surface area contributed by atoms with Gasteiger partial charge in [0.1, 0.15) is 5.57 Å². The van der Waals surface area contributed by atoms with Crippen molar-refractivity contribution in [1.82, 2.24) is 14.8 Å². The summed E-state index contributed by atoms with van der Waals surface area (Å²) >= 11 is 0. The molecular weight excluding hydrogens is 358 g/mol. The van der Waals surface area contributed by atoms with E-state index in [4.69, 9.17) is 4.74 Å². The van der Waals surface area contributed by atoms with Gasteiger partial charge in [-0.3, -0.25) is 19.8 Å². The van der Waals surface area contributed by atoms with Gasteiger partial charge in [0.05, 0.1) is 13.2 Å². The fourth-order valence-corrected chi connectivity index (χ4v) is 3.26. The Labute approximate surface area is 163 Å². The second-order valence-corrected chi connectivity index (χ2v) is 6.67. The van der Waals surface area contributed by atoms with Gasteiger partial charge in [-0.25, -0.2) is 4.79 Å².